The maximum atomic E-state index is 15.1. The molecule has 2 aromatic heterocycles. The summed E-state index contributed by atoms with van der Waals surface area (Å²) in [7, 11) is 0. The Kier molecular flexibility index (Phi) is 7.18. The van der Waals surface area contributed by atoms with Gasteiger partial charge in [0.25, 0.3) is 0 Å². The molecule has 212 valence electrons. The number of nitrogens with zero attached hydrogens (tertiary/aromatic N) is 6. The third-order valence-corrected chi connectivity index (χ3v) is 6.73. The van der Waals surface area contributed by atoms with Crippen LogP contribution in [0.15, 0.2) is 36.5 Å². The molecule has 1 aliphatic heterocycles. The van der Waals surface area contributed by atoms with Gasteiger partial charge in [0.1, 0.15) is 41.3 Å². The molecular formula is C26H25F5N6O3. The van der Waals surface area contributed by atoms with E-state index in [-0.39, 0.29) is 40.6 Å². The van der Waals surface area contributed by atoms with E-state index in [4.69, 9.17) is 4.74 Å². The molecule has 0 saturated carbocycles. The van der Waals surface area contributed by atoms with Crippen molar-refractivity contribution >= 4 is 0 Å². The van der Waals surface area contributed by atoms with Crippen molar-refractivity contribution in [3.8, 4) is 16.9 Å². The zero-order valence-electron chi connectivity index (χ0n) is 21.6. The zero-order valence-corrected chi connectivity index (χ0v) is 21.6. The van der Waals surface area contributed by atoms with Gasteiger partial charge in [0.2, 0.25) is 0 Å². The minimum atomic E-state index is -1.86. The number of aryl methyl sites for hydroxylation is 1. The van der Waals surface area contributed by atoms with Crippen LogP contribution in [0, 0.1) is 30.2 Å². The van der Waals surface area contributed by atoms with Crippen molar-refractivity contribution in [2.75, 3.05) is 6.61 Å². The van der Waals surface area contributed by atoms with E-state index in [0.717, 1.165) is 24.3 Å². The lowest BCUT2D eigenvalue weighted by atomic mass is 9.94. The van der Waals surface area contributed by atoms with Gasteiger partial charge < -0.3 is 14.9 Å². The van der Waals surface area contributed by atoms with Crippen LogP contribution in [0.3, 0.4) is 0 Å². The summed E-state index contributed by atoms with van der Waals surface area (Å²) in [5.41, 5.74) is -1.70. The summed E-state index contributed by atoms with van der Waals surface area (Å²) in [4.78, 5) is 4.42. The van der Waals surface area contributed by atoms with Crippen molar-refractivity contribution in [1.29, 1.82) is 0 Å². The highest BCUT2D eigenvalue weighted by Crippen LogP contribution is 2.39. The summed E-state index contributed by atoms with van der Waals surface area (Å²) in [5.74, 6) is -4.62. The van der Waals surface area contributed by atoms with E-state index < -0.39 is 59.9 Å². The van der Waals surface area contributed by atoms with Crippen molar-refractivity contribution in [2.24, 2.45) is 0 Å². The van der Waals surface area contributed by atoms with Gasteiger partial charge in [-0.3, -0.25) is 0 Å². The molecule has 2 aromatic carbocycles. The Bertz CT molecular complexity index is 1530. The summed E-state index contributed by atoms with van der Waals surface area (Å²) < 4.78 is 78.8. The Hall–Kier alpha value is -3.75. The first-order valence-electron chi connectivity index (χ1n) is 12.3. The van der Waals surface area contributed by atoms with E-state index >= 15 is 4.39 Å². The normalized spacial score (nSPS) is 21.6. The Morgan fingerprint density at radius 1 is 1.10 bits per heavy atom. The van der Waals surface area contributed by atoms with Crippen LogP contribution in [0.5, 0.6) is 0 Å². The second kappa shape index (κ2) is 10.3. The second-order valence-electron chi connectivity index (χ2n) is 10.0. The summed E-state index contributed by atoms with van der Waals surface area (Å²) in [5, 5.41) is 33.1. The number of aliphatic hydroxyl groups excluding tert-OH is 2. The van der Waals surface area contributed by atoms with E-state index in [0.29, 0.717) is 0 Å². The van der Waals surface area contributed by atoms with Crippen LogP contribution in [0.2, 0.25) is 0 Å². The van der Waals surface area contributed by atoms with Crippen LogP contribution in [-0.2, 0) is 10.4 Å². The maximum absolute atomic E-state index is 15.1. The number of aromatic nitrogens is 6. The van der Waals surface area contributed by atoms with Crippen LogP contribution in [0.1, 0.15) is 49.6 Å². The largest absolute Gasteiger partial charge is 0.394 e. The van der Waals surface area contributed by atoms with Gasteiger partial charge in [-0.05, 0) is 39.0 Å². The molecule has 40 heavy (non-hydrogen) atoms. The lowest BCUT2D eigenvalue weighted by Crippen LogP contribution is -2.45. The monoisotopic (exact) mass is 564 g/mol. The van der Waals surface area contributed by atoms with Crippen molar-refractivity contribution in [2.45, 2.75) is 57.2 Å². The molecule has 0 aliphatic carbocycles. The number of rotatable bonds is 6. The van der Waals surface area contributed by atoms with E-state index in [1.54, 1.807) is 6.92 Å². The number of ether oxygens (including phenoxy) is 1. The van der Waals surface area contributed by atoms with Crippen LogP contribution in [0.4, 0.5) is 22.0 Å². The minimum absolute atomic E-state index is 0.00202. The number of alkyl halides is 1. The fraction of sp³-hybridized carbons (Fsp3) is 0.385. The van der Waals surface area contributed by atoms with Crippen LogP contribution in [0.25, 0.3) is 16.9 Å². The Morgan fingerprint density at radius 2 is 1.80 bits per heavy atom. The summed E-state index contributed by atoms with van der Waals surface area (Å²) in [6, 6.07) is 4.21. The molecule has 4 atom stereocenters. The summed E-state index contributed by atoms with van der Waals surface area (Å²) in [6.45, 7) is 3.63. The number of benzene rings is 2. The standard InChI is InChI=1S/C26H25F5N6O3/c1-12-32-25(37(34-12)19-8-14(27)4-5-15(19)26(2,3)31)21-9-20(24(39)22(11-38)40-21)36-10-18(33-35-36)13-6-16(28)23(30)17(29)7-13/h4-8,10,20-22,24,38-39H,9,11H2,1-3H3. The molecule has 0 spiro atoms. The van der Waals surface area contributed by atoms with Crippen LogP contribution < -0.4 is 0 Å². The quantitative estimate of drug-likeness (QED) is 0.269. The average Bonchev–Trinajstić information content (AvgIpc) is 3.53. The lowest BCUT2D eigenvalue weighted by molar-refractivity contribution is -0.161. The summed E-state index contributed by atoms with van der Waals surface area (Å²) in [6.07, 6.45) is -2.08. The summed E-state index contributed by atoms with van der Waals surface area (Å²) >= 11 is 0. The van der Waals surface area contributed by atoms with Crippen molar-refractivity contribution in [3.63, 3.8) is 0 Å². The first-order chi connectivity index (χ1) is 18.9. The topological polar surface area (TPSA) is 111 Å². The third kappa shape index (κ3) is 5.09. The van der Waals surface area contributed by atoms with Crippen LogP contribution >= 0.6 is 0 Å². The lowest BCUT2D eigenvalue weighted by Gasteiger charge is -2.38. The first-order valence-corrected chi connectivity index (χ1v) is 12.3. The van der Waals surface area contributed by atoms with Gasteiger partial charge >= 0.3 is 0 Å². The zero-order chi connectivity index (χ0) is 28.9. The fourth-order valence-electron chi connectivity index (χ4n) is 4.81. The molecule has 0 amide bonds. The Morgan fingerprint density at radius 3 is 2.45 bits per heavy atom. The van der Waals surface area contributed by atoms with Gasteiger partial charge in [0, 0.05) is 23.6 Å². The molecule has 9 nitrogen and oxygen atoms in total. The van der Waals surface area contributed by atoms with Gasteiger partial charge in [0.05, 0.1) is 24.5 Å². The SMILES string of the molecule is Cc1nc(C2CC(n3cc(-c4cc(F)c(F)c(F)c4)nn3)C(O)C(CO)O2)n(-c2cc(F)ccc2C(C)(C)F)n1. The van der Waals surface area contributed by atoms with Gasteiger partial charge in [-0.1, -0.05) is 11.3 Å². The molecule has 3 heterocycles. The van der Waals surface area contributed by atoms with Crippen molar-refractivity contribution in [3.05, 3.63) is 77.0 Å². The van der Waals surface area contributed by atoms with Gasteiger partial charge in [0.15, 0.2) is 23.3 Å². The van der Waals surface area contributed by atoms with Gasteiger partial charge in [-0.15, -0.1) is 5.10 Å². The molecule has 2 N–H and O–H groups in total. The highest BCUT2D eigenvalue weighted by atomic mass is 19.2. The molecule has 4 unspecified atom stereocenters. The van der Waals surface area contributed by atoms with E-state index in [1.807, 2.05) is 0 Å². The van der Waals surface area contributed by atoms with E-state index in [9.17, 15) is 27.8 Å². The molecule has 4 aromatic rings. The maximum Gasteiger partial charge on any atom is 0.194 e. The van der Waals surface area contributed by atoms with Gasteiger partial charge in [-0.2, -0.15) is 5.10 Å². The number of aliphatic hydroxyl groups is 2. The Labute approximate surface area is 224 Å². The molecule has 5 rings (SSSR count). The smallest absolute Gasteiger partial charge is 0.194 e. The molecule has 14 heteroatoms. The third-order valence-electron chi connectivity index (χ3n) is 6.73. The number of hydrogen-bond donors (Lipinski definition) is 2. The highest BCUT2D eigenvalue weighted by molar-refractivity contribution is 5.58. The highest BCUT2D eigenvalue weighted by Gasteiger charge is 2.42. The van der Waals surface area contributed by atoms with E-state index in [2.05, 4.69) is 20.4 Å². The molecule has 1 aliphatic rings. The van der Waals surface area contributed by atoms with Crippen molar-refractivity contribution < 1.29 is 36.9 Å². The molecule has 1 fully saturated rings. The van der Waals surface area contributed by atoms with Gasteiger partial charge in [-0.25, -0.2) is 36.3 Å². The van der Waals surface area contributed by atoms with E-state index in [1.165, 1.54) is 35.5 Å². The molecule has 0 bridgehead atoms. The average molecular weight is 565 g/mol. The van der Waals surface area contributed by atoms with Crippen LogP contribution in [-0.4, -0.2) is 58.8 Å². The minimum Gasteiger partial charge on any atom is -0.394 e. The van der Waals surface area contributed by atoms with Crippen molar-refractivity contribution in [1.82, 2.24) is 29.8 Å². The predicted octanol–water partition coefficient (Wildman–Crippen LogP) is 4.02. The fourth-order valence-corrected chi connectivity index (χ4v) is 4.81. The number of halogens is 5. The first kappa shape index (κ1) is 27.8. The predicted molar refractivity (Wildman–Crippen MR) is 130 cm³/mol. The second-order valence-corrected chi connectivity index (χ2v) is 10.0. The molecule has 1 saturated heterocycles. The molecular weight excluding hydrogens is 539 g/mol. The number of hydrogen-bond acceptors (Lipinski definition) is 7. The Balaban J connectivity index is 1.54. The molecule has 0 radical (unpaired) electrons.